The number of rotatable bonds is 12. The molecule has 0 amide bonds. The van der Waals surface area contributed by atoms with Crippen LogP contribution in [0.25, 0.3) is 0 Å². The Kier molecular flexibility index (Phi) is 15.1. The maximum atomic E-state index is 12.6. The second-order valence-corrected chi connectivity index (χ2v) is 30.4. The Labute approximate surface area is 361 Å². The van der Waals surface area contributed by atoms with Gasteiger partial charge in [-0.05, 0) is 92.4 Å². The van der Waals surface area contributed by atoms with Crippen molar-refractivity contribution in [2.45, 2.75) is 47.3 Å². The van der Waals surface area contributed by atoms with E-state index in [9.17, 15) is 115 Å². The first-order valence-electron chi connectivity index (χ1n) is 17.6. The molecule has 5 rings (SSSR count). The first-order chi connectivity index (χ1) is 28.7. The molecule has 0 spiro atoms. The van der Waals surface area contributed by atoms with E-state index in [0.717, 1.165) is 48.5 Å². The third kappa shape index (κ3) is 13.2. The predicted octanol–water partition coefficient (Wildman–Crippen LogP) is 3.78. The standard InChI is InChI=1S/C32H40O24P8/c33-57(34,35)29(58(36,37)38)25-9-17-1-18(10-25)6-20-3-22(14-27(12-20)31(61(45,46)47)62(48,49)50)8-24-4-23(15-28(16-24)32(63(51,52)53)64(54,55)56)7-21-2-19(5-17)11-26(13-21)30(59(39,40)41)60(42,43)44/h1-4,9-16,29-32H,5-8H2,(H2,33,34,35)(H2,36,37,38)(H2,39,40,41)(H2,42,43,44)(H2,45,46,47)(H2,48,49,50)(H2,51,52,53)(H2,54,55,56). The minimum absolute atomic E-state index is 0.0615. The van der Waals surface area contributed by atoms with Crippen LogP contribution in [0.15, 0.2) is 72.8 Å². The van der Waals surface area contributed by atoms with Crippen LogP contribution in [0.3, 0.4) is 0 Å². The average molecular weight is 1060 g/mol. The van der Waals surface area contributed by atoms with Gasteiger partial charge in [0.25, 0.3) is 0 Å². The molecule has 0 atom stereocenters. The molecule has 1 aliphatic rings. The van der Waals surface area contributed by atoms with Crippen molar-refractivity contribution in [1.82, 2.24) is 0 Å². The van der Waals surface area contributed by atoms with Crippen molar-refractivity contribution in [1.29, 1.82) is 0 Å². The van der Waals surface area contributed by atoms with Gasteiger partial charge in [-0.3, -0.25) is 36.5 Å². The summed E-state index contributed by atoms with van der Waals surface area (Å²) in [5.41, 5.74) is -3.15. The summed E-state index contributed by atoms with van der Waals surface area (Å²) in [5.74, 6) is 0. The van der Waals surface area contributed by atoms with Crippen LogP contribution in [0.4, 0.5) is 0 Å². The second-order valence-electron chi connectivity index (χ2n) is 15.2. The molecule has 1 aliphatic carbocycles. The zero-order valence-corrected chi connectivity index (χ0v) is 39.2. The van der Waals surface area contributed by atoms with Crippen LogP contribution < -0.4 is 0 Å². The fourth-order valence-corrected chi connectivity index (χ4v) is 18.4. The van der Waals surface area contributed by atoms with Crippen molar-refractivity contribution in [3.05, 3.63) is 140 Å². The topological polar surface area (TPSA) is 460 Å². The minimum Gasteiger partial charge on any atom is -0.324 e. The quantitative estimate of drug-likeness (QED) is 0.0790. The Bertz CT molecular complexity index is 2330. The fraction of sp³-hybridized carbons (Fsp3) is 0.250. The molecule has 0 saturated carbocycles. The molecule has 0 saturated heterocycles. The van der Waals surface area contributed by atoms with Crippen LogP contribution in [-0.2, 0) is 62.2 Å². The highest BCUT2D eigenvalue weighted by Gasteiger charge is 2.48. The lowest BCUT2D eigenvalue weighted by Gasteiger charge is -2.24. The monoisotopic (exact) mass is 1060 g/mol. The predicted molar refractivity (Wildman–Crippen MR) is 224 cm³/mol. The van der Waals surface area contributed by atoms with Crippen LogP contribution in [-0.4, -0.2) is 78.3 Å². The van der Waals surface area contributed by atoms with Gasteiger partial charge in [-0.25, -0.2) is 0 Å². The normalized spacial score (nSPS) is 15.1. The third-order valence-corrected chi connectivity index (χ3v) is 24.4. The van der Waals surface area contributed by atoms with Gasteiger partial charge in [0.05, 0.1) is 0 Å². The van der Waals surface area contributed by atoms with Crippen molar-refractivity contribution < 1.29 is 115 Å². The van der Waals surface area contributed by atoms with Gasteiger partial charge in [0, 0.05) is 0 Å². The maximum Gasteiger partial charge on any atom is 0.345 e. The molecule has 4 aromatic rings. The van der Waals surface area contributed by atoms with Gasteiger partial charge in [0.2, 0.25) is 0 Å². The van der Waals surface area contributed by atoms with Crippen LogP contribution in [0, 0.1) is 0 Å². The zero-order chi connectivity index (χ0) is 48.6. The highest BCUT2D eigenvalue weighted by Crippen LogP contribution is 2.73. The lowest BCUT2D eigenvalue weighted by Crippen LogP contribution is -2.08. The fourth-order valence-electron chi connectivity index (χ4n) is 7.86. The van der Waals surface area contributed by atoms with Crippen LogP contribution in [0.1, 0.15) is 88.4 Å². The molecule has 32 heteroatoms. The van der Waals surface area contributed by atoms with Gasteiger partial charge >= 0.3 is 60.8 Å². The molecule has 0 unspecified atom stereocenters. The van der Waals surface area contributed by atoms with E-state index in [0.29, 0.717) is 0 Å². The zero-order valence-electron chi connectivity index (χ0n) is 32.1. The van der Waals surface area contributed by atoms with Gasteiger partial charge in [-0.2, -0.15) is 0 Å². The Balaban J connectivity index is 1.94. The van der Waals surface area contributed by atoms with Crippen molar-refractivity contribution in [2.24, 2.45) is 0 Å². The summed E-state index contributed by atoms with van der Waals surface area (Å²) in [7, 11) is -45.9. The summed E-state index contributed by atoms with van der Waals surface area (Å²) < 4.78 is 101. The highest BCUT2D eigenvalue weighted by atomic mass is 31.3. The van der Waals surface area contributed by atoms with E-state index in [-0.39, 0.29) is 44.5 Å². The number of benzene rings is 4. The van der Waals surface area contributed by atoms with Crippen LogP contribution in [0.5, 0.6) is 0 Å². The van der Waals surface area contributed by atoms with Gasteiger partial charge in [0.1, 0.15) is 0 Å². The molecule has 16 N–H and O–H groups in total. The van der Waals surface area contributed by atoms with Gasteiger partial charge in [-0.1, -0.05) is 72.8 Å². The van der Waals surface area contributed by atoms with Gasteiger partial charge in [0.15, 0.2) is 21.6 Å². The van der Waals surface area contributed by atoms with E-state index in [2.05, 4.69) is 0 Å². The van der Waals surface area contributed by atoms with Gasteiger partial charge < -0.3 is 78.3 Å². The van der Waals surface area contributed by atoms with Crippen molar-refractivity contribution in [2.75, 3.05) is 0 Å². The van der Waals surface area contributed by atoms with Crippen LogP contribution >= 0.6 is 60.8 Å². The van der Waals surface area contributed by atoms with Crippen molar-refractivity contribution in [3.8, 4) is 0 Å². The Hall–Kier alpha value is -1.92. The van der Waals surface area contributed by atoms with E-state index >= 15 is 0 Å². The summed E-state index contributed by atoms with van der Waals surface area (Å²) >= 11 is 0. The average Bonchev–Trinajstić information content (AvgIpc) is 2.98. The minimum atomic E-state index is -5.73. The molecule has 0 radical (unpaired) electrons. The van der Waals surface area contributed by atoms with E-state index in [1.807, 2.05) is 0 Å². The van der Waals surface area contributed by atoms with Crippen molar-refractivity contribution >= 4 is 60.8 Å². The van der Waals surface area contributed by atoms with E-state index in [1.54, 1.807) is 0 Å². The van der Waals surface area contributed by atoms with E-state index < -0.39 is 130 Å². The summed E-state index contributed by atoms with van der Waals surface area (Å²) in [6.45, 7) is 0. The Morgan fingerprint density at radius 3 is 0.438 bits per heavy atom. The first-order valence-corrected chi connectivity index (χ1v) is 31.1. The Morgan fingerprint density at radius 1 is 0.234 bits per heavy atom. The molecule has 8 bridgehead atoms. The number of fused-ring (bicyclic) bond motifs is 8. The highest BCUT2D eigenvalue weighted by molar-refractivity contribution is 7.71. The molecule has 4 aromatic carbocycles. The SMILES string of the molecule is O=P(O)(O)C(c1cc2cc(c1)Cc1cc(cc(C(P(=O)(O)O)P(=O)(O)O)c1)Cc1cc(cc(C(P(=O)(O)O)P(=O)(O)O)c1)Cc1cc(cc(C(P(=O)(O)O)P(=O)(O)O)c1)C2)P(=O)(O)O. The maximum absolute atomic E-state index is 12.6. The summed E-state index contributed by atoms with van der Waals surface area (Å²) in [5, 5.41) is -11.2. The lowest BCUT2D eigenvalue weighted by atomic mass is 9.91. The molecule has 24 nitrogen and oxygen atoms in total. The lowest BCUT2D eigenvalue weighted by molar-refractivity contribution is 0.335. The molecule has 64 heavy (non-hydrogen) atoms. The largest absolute Gasteiger partial charge is 0.345 e. The molecule has 0 aromatic heterocycles. The summed E-state index contributed by atoms with van der Waals surface area (Å²) in [6, 6.07) is 12.8. The molecule has 0 heterocycles. The molecular formula is C32H40O24P8. The number of hydrogen-bond acceptors (Lipinski definition) is 8. The van der Waals surface area contributed by atoms with E-state index in [1.165, 1.54) is 24.3 Å². The molecule has 352 valence electrons. The number of hydrogen-bond donors (Lipinski definition) is 16. The molecule has 0 aliphatic heterocycles. The van der Waals surface area contributed by atoms with E-state index in [4.69, 9.17) is 0 Å². The van der Waals surface area contributed by atoms with Crippen molar-refractivity contribution in [3.63, 3.8) is 0 Å². The summed E-state index contributed by atoms with van der Waals surface area (Å²) in [4.78, 5) is 162. The second kappa shape index (κ2) is 18.2. The van der Waals surface area contributed by atoms with Gasteiger partial charge in [-0.15, -0.1) is 0 Å². The summed E-state index contributed by atoms with van der Waals surface area (Å²) in [6.07, 6.45) is -2.00. The molecule has 0 fully saturated rings. The van der Waals surface area contributed by atoms with Crippen LogP contribution in [0.2, 0.25) is 0 Å². The smallest absolute Gasteiger partial charge is 0.324 e. The molecular weight excluding hydrogens is 1020 g/mol. The Morgan fingerprint density at radius 2 is 0.344 bits per heavy atom. The first kappa shape index (κ1) is 53.0. The third-order valence-electron chi connectivity index (χ3n) is 9.67.